The summed E-state index contributed by atoms with van der Waals surface area (Å²) >= 11 is 6.52. The lowest BCUT2D eigenvalue weighted by molar-refractivity contribution is 0.0699. The van der Waals surface area contributed by atoms with E-state index in [1.165, 1.54) is 6.26 Å². The molecule has 2 fully saturated rings. The number of anilines is 2. The van der Waals surface area contributed by atoms with Crippen molar-refractivity contribution < 1.29 is 13.2 Å². The van der Waals surface area contributed by atoms with Gasteiger partial charge in [-0.3, -0.25) is 0 Å². The molecular formula is C24H33ClN4O3S. The molecule has 0 spiro atoms. The van der Waals surface area contributed by atoms with Crippen molar-refractivity contribution in [1.82, 2.24) is 9.71 Å². The van der Waals surface area contributed by atoms with Gasteiger partial charge in [-0.25, -0.2) is 18.1 Å². The fourth-order valence-electron chi connectivity index (χ4n) is 4.62. The van der Waals surface area contributed by atoms with E-state index >= 15 is 0 Å². The van der Waals surface area contributed by atoms with Crippen LogP contribution in [0.15, 0.2) is 36.5 Å². The molecule has 0 bridgehead atoms. The molecule has 0 atom stereocenters. The summed E-state index contributed by atoms with van der Waals surface area (Å²) < 4.78 is 31.1. The first kappa shape index (κ1) is 24.3. The molecule has 0 radical (unpaired) electrons. The van der Waals surface area contributed by atoms with Crippen LogP contribution in [0.4, 0.5) is 11.5 Å². The number of nitrogens with one attached hydrogen (secondary N) is 3. The summed E-state index contributed by atoms with van der Waals surface area (Å²) in [6, 6.07) is 10.6. The Morgan fingerprint density at radius 3 is 2.52 bits per heavy atom. The van der Waals surface area contributed by atoms with Gasteiger partial charge >= 0.3 is 0 Å². The van der Waals surface area contributed by atoms with Crippen molar-refractivity contribution in [2.24, 2.45) is 5.92 Å². The maximum atomic E-state index is 11.5. The summed E-state index contributed by atoms with van der Waals surface area (Å²) in [7, 11) is -3.16. The Hall–Kier alpha value is -1.87. The van der Waals surface area contributed by atoms with Crippen LogP contribution in [-0.4, -0.2) is 51.5 Å². The first-order valence-corrected chi connectivity index (χ1v) is 13.9. The zero-order chi connectivity index (χ0) is 23.3. The molecule has 180 valence electrons. The van der Waals surface area contributed by atoms with Gasteiger partial charge in [0.15, 0.2) is 0 Å². The Kier molecular flexibility index (Phi) is 8.11. The van der Waals surface area contributed by atoms with Gasteiger partial charge in [0.1, 0.15) is 5.82 Å². The predicted octanol–water partition coefficient (Wildman–Crippen LogP) is 4.51. The van der Waals surface area contributed by atoms with Crippen molar-refractivity contribution in [3.05, 3.63) is 41.6 Å². The Balaban J connectivity index is 1.38. The fourth-order valence-corrected chi connectivity index (χ4v) is 5.67. The highest BCUT2D eigenvalue weighted by Gasteiger charge is 2.23. The van der Waals surface area contributed by atoms with Crippen LogP contribution < -0.4 is 15.4 Å². The summed E-state index contributed by atoms with van der Waals surface area (Å²) in [5.41, 5.74) is 3.07. The summed E-state index contributed by atoms with van der Waals surface area (Å²) in [5.74, 6) is 1.43. The number of pyridine rings is 1. The highest BCUT2D eigenvalue weighted by molar-refractivity contribution is 7.88. The van der Waals surface area contributed by atoms with Crippen molar-refractivity contribution in [2.75, 3.05) is 36.6 Å². The van der Waals surface area contributed by atoms with E-state index < -0.39 is 10.0 Å². The summed E-state index contributed by atoms with van der Waals surface area (Å²) in [6.07, 6.45) is 8.51. The van der Waals surface area contributed by atoms with E-state index in [9.17, 15) is 8.42 Å². The number of benzene rings is 1. The Morgan fingerprint density at radius 1 is 1.06 bits per heavy atom. The van der Waals surface area contributed by atoms with Crippen LogP contribution in [0, 0.1) is 5.92 Å². The van der Waals surface area contributed by atoms with Gasteiger partial charge in [-0.2, -0.15) is 0 Å². The van der Waals surface area contributed by atoms with Gasteiger partial charge in [-0.05, 0) is 68.2 Å². The monoisotopic (exact) mass is 492 g/mol. The summed E-state index contributed by atoms with van der Waals surface area (Å²) in [4.78, 5) is 4.47. The topological polar surface area (TPSA) is 92.4 Å². The second kappa shape index (κ2) is 11.0. The van der Waals surface area contributed by atoms with E-state index in [-0.39, 0.29) is 12.1 Å². The lowest BCUT2D eigenvalue weighted by atomic mass is 9.92. The number of halogens is 1. The molecule has 3 N–H and O–H groups in total. The number of ether oxygens (including phenoxy) is 1. The van der Waals surface area contributed by atoms with Crippen LogP contribution >= 0.6 is 11.6 Å². The van der Waals surface area contributed by atoms with Crippen LogP contribution in [-0.2, 0) is 14.8 Å². The molecule has 1 aromatic heterocycles. The second-order valence-corrected chi connectivity index (χ2v) is 11.3. The van der Waals surface area contributed by atoms with Crippen molar-refractivity contribution in [3.8, 4) is 11.1 Å². The zero-order valence-electron chi connectivity index (χ0n) is 19.0. The molecule has 0 amide bonds. The molecule has 7 nitrogen and oxygen atoms in total. The average Bonchev–Trinajstić information content (AvgIpc) is 2.80. The van der Waals surface area contributed by atoms with Crippen LogP contribution in [0.1, 0.15) is 38.5 Å². The average molecular weight is 493 g/mol. The van der Waals surface area contributed by atoms with Gasteiger partial charge in [-0.15, -0.1) is 0 Å². The highest BCUT2D eigenvalue weighted by Crippen LogP contribution is 2.32. The van der Waals surface area contributed by atoms with Gasteiger partial charge in [0, 0.05) is 49.3 Å². The van der Waals surface area contributed by atoms with Crippen molar-refractivity contribution in [1.29, 1.82) is 0 Å². The maximum Gasteiger partial charge on any atom is 0.208 e. The number of rotatable bonds is 8. The summed E-state index contributed by atoms with van der Waals surface area (Å²) in [5, 5.41) is 7.69. The van der Waals surface area contributed by atoms with E-state index in [0.29, 0.717) is 10.9 Å². The first-order valence-electron chi connectivity index (χ1n) is 11.7. The quantitative estimate of drug-likeness (QED) is 0.502. The fraction of sp³-hybridized carbons (Fsp3) is 0.542. The Morgan fingerprint density at radius 2 is 1.79 bits per heavy atom. The third-order valence-corrected chi connectivity index (χ3v) is 7.49. The van der Waals surface area contributed by atoms with Crippen molar-refractivity contribution in [2.45, 2.75) is 50.6 Å². The standard InChI is InChI=1S/C24H33ClN4O3S/c1-33(30,31)29-20-7-5-19(6-8-20)28-24-14-22(23(25)16-27-24)18-3-2-4-21(13-18)26-15-17-9-11-32-12-10-17/h2-4,13-14,16-17,19-20,26,29H,5-12,15H2,1H3,(H,27,28). The molecule has 2 aliphatic rings. The largest absolute Gasteiger partial charge is 0.385 e. The SMILES string of the molecule is CS(=O)(=O)NC1CCC(Nc2cc(-c3cccc(NCC4CCOCC4)c3)c(Cl)cn2)CC1. The van der Waals surface area contributed by atoms with E-state index in [4.69, 9.17) is 16.3 Å². The third-order valence-electron chi connectivity index (χ3n) is 6.42. The van der Waals surface area contributed by atoms with Crippen molar-refractivity contribution in [3.63, 3.8) is 0 Å². The first-order chi connectivity index (χ1) is 15.9. The minimum atomic E-state index is -3.16. The number of hydrogen-bond acceptors (Lipinski definition) is 6. The second-order valence-electron chi connectivity index (χ2n) is 9.15. The van der Waals surface area contributed by atoms with Gasteiger partial charge in [-0.1, -0.05) is 23.7 Å². The molecular weight excluding hydrogens is 460 g/mol. The molecule has 0 unspecified atom stereocenters. The van der Waals surface area contributed by atoms with Crippen molar-refractivity contribution >= 4 is 33.1 Å². The van der Waals surface area contributed by atoms with Gasteiger partial charge in [0.05, 0.1) is 11.3 Å². The minimum Gasteiger partial charge on any atom is -0.385 e. The van der Waals surface area contributed by atoms with Gasteiger partial charge in [0.25, 0.3) is 0 Å². The molecule has 1 aliphatic heterocycles. The smallest absolute Gasteiger partial charge is 0.208 e. The van der Waals surface area contributed by atoms with Crippen LogP contribution in [0.25, 0.3) is 11.1 Å². The van der Waals surface area contributed by atoms with Crippen LogP contribution in [0.5, 0.6) is 0 Å². The maximum absolute atomic E-state index is 11.5. The molecule has 4 rings (SSSR count). The van der Waals surface area contributed by atoms with Crippen LogP contribution in [0.3, 0.4) is 0 Å². The molecule has 1 saturated carbocycles. The number of nitrogens with zero attached hydrogens (tertiary/aromatic N) is 1. The van der Waals surface area contributed by atoms with E-state index in [0.717, 1.165) is 80.9 Å². The lowest BCUT2D eigenvalue weighted by Crippen LogP contribution is -2.39. The number of hydrogen-bond donors (Lipinski definition) is 3. The lowest BCUT2D eigenvalue weighted by Gasteiger charge is -2.29. The molecule has 1 saturated heterocycles. The number of sulfonamides is 1. The molecule has 2 aromatic rings. The Bertz CT molecular complexity index is 1040. The Labute approximate surface area is 201 Å². The third kappa shape index (κ3) is 7.30. The van der Waals surface area contributed by atoms with E-state index in [2.05, 4.69) is 38.5 Å². The van der Waals surface area contributed by atoms with E-state index in [1.54, 1.807) is 6.20 Å². The molecule has 2 heterocycles. The highest BCUT2D eigenvalue weighted by atomic mass is 35.5. The normalized spacial score (nSPS) is 22.1. The number of aromatic nitrogens is 1. The van der Waals surface area contributed by atoms with Crippen LogP contribution in [0.2, 0.25) is 5.02 Å². The van der Waals surface area contributed by atoms with Gasteiger partial charge < -0.3 is 15.4 Å². The van der Waals surface area contributed by atoms with Gasteiger partial charge in [0.2, 0.25) is 10.0 Å². The zero-order valence-corrected chi connectivity index (χ0v) is 20.6. The molecule has 9 heteroatoms. The van der Waals surface area contributed by atoms with E-state index in [1.807, 2.05) is 12.1 Å². The summed E-state index contributed by atoms with van der Waals surface area (Å²) in [6.45, 7) is 2.65. The minimum absolute atomic E-state index is 0.0168. The molecule has 1 aliphatic carbocycles. The molecule has 1 aromatic carbocycles. The molecule has 33 heavy (non-hydrogen) atoms. The predicted molar refractivity (Wildman–Crippen MR) is 134 cm³/mol.